The molecule has 0 saturated heterocycles. The molecule has 0 saturated carbocycles. The second-order valence-electron chi connectivity index (χ2n) is 4.84. The maximum absolute atomic E-state index is 4.36. The third-order valence-corrected chi connectivity index (χ3v) is 3.85. The highest BCUT2D eigenvalue weighted by molar-refractivity contribution is 7.11. The molecule has 1 heterocycles. The summed E-state index contributed by atoms with van der Waals surface area (Å²) in [4.78, 5) is 0. The zero-order chi connectivity index (χ0) is 12.7. The molecule has 3 nitrogen and oxygen atoms in total. The van der Waals surface area contributed by atoms with Gasteiger partial charge in [-0.2, -0.15) is 0 Å². The normalized spacial score (nSPS) is 11.6. The highest BCUT2D eigenvalue weighted by Crippen LogP contribution is 2.28. The first kappa shape index (κ1) is 14.6. The largest absolute Gasteiger partial charge is 0.308 e. The van der Waals surface area contributed by atoms with Gasteiger partial charge in [0.05, 0.1) is 0 Å². The van der Waals surface area contributed by atoms with Gasteiger partial charge in [-0.05, 0) is 12.8 Å². The molecule has 0 aliphatic carbocycles. The van der Waals surface area contributed by atoms with Crippen molar-refractivity contribution in [2.24, 2.45) is 0 Å². The number of hydrogen-bond donors (Lipinski definition) is 1. The first-order valence-corrected chi connectivity index (χ1v) is 7.54. The summed E-state index contributed by atoms with van der Waals surface area (Å²) in [6.45, 7) is 9.63. The van der Waals surface area contributed by atoms with Gasteiger partial charge in [-0.3, -0.25) is 0 Å². The molecule has 1 aromatic heterocycles. The van der Waals surface area contributed by atoms with Gasteiger partial charge in [-0.25, -0.2) is 0 Å². The van der Waals surface area contributed by atoms with Crippen LogP contribution in [0.15, 0.2) is 0 Å². The molecule has 1 rings (SSSR count). The molecule has 0 radical (unpaired) electrons. The van der Waals surface area contributed by atoms with E-state index in [0.29, 0.717) is 12.0 Å². The van der Waals surface area contributed by atoms with E-state index < -0.39 is 0 Å². The topological polar surface area (TPSA) is 37.8 Å². The Bertz CT molecular complexity index is 303. The Hall–Kier alpha value is -0.480. The predicted octanol–water partition coefficient (Wildman–Crippen LogP) is 3.72. The summed E-state index contributed by atoms with van der Waals surface area (Å²) >= 11 is 1.78. The fourth-order valence-corrected chi connectivity index (χ4v) is 2.85. The van der Waals surface area contributed by atoms with Gasteiger partial charge in [-0.15, -0.1) is 10.2 Å². The predicted molar refractivity (Wildman–Crippen MR) is 74.4 cm³/mol. The third-order valence-electron chi connectivity index (χ3n) is 2.77. The number of rotatable bonds is 8. The fourth-order valence-electron chi connectivity index (χ4n) is 1.88. The SMILES string of the molecule is CCCC(CCC)c1nnc(CNC(C)C)s1. The van der Waals surface area contributed by atoms with E-state index in [4.69, 9.17) is 0 Å². The van der Waals surface area contributed by atoms with E-state index in [1.807, 2.05) is 0 Å². The molecule has 0 spiro atoms. The molecule has 4 heteroatoms. The van der Waals surface area contributed by atoms with Gasteiger partial charge in [0.1, 0.15) is 10.0 Å². The number of hydrogen-bond acceptors (Lipinski definition) is 4. The van der Waals surface area contributed by atoms with Crippen molar-refractivity contribution in [2.75, 3.05) is 0 Å². The Kier molecular flexibility index (Phi) is 6.66. The zero-order valence-electron chi connectivity index (χ0n) is 11.5. The van der Waals surface area contributed by atoms with Crippen molar-refractivity contribution in [3.63, 3.8) is 0 Å². The summed E-state index contributed by atoms with van der Waals surface area (Å²) in [7, 11) is 0. The minimum absolute atomic E-state index is 0.504. The van der Waals surface area contributed by atoms with Gasteiger partial charge in [0.25, 0.3) is 0 Å². The van der Waals surface area contributed by atoms with Crippen molar-refractivity contribution in [1.29, 1.82) is 0 Å². The van der Waals surface area contributed by atoms with E-state index in [-0.39, 0.29) is 0 Å². The monoisotopic (exact) mass is 255 g/mol. The van der Waals surface area contributed by atoms with E-state index in [1.54, 1.807) is 11.3 Å². The van der Waals surface area contributed by atoms with Gasteiger partial charge in [0.2, 0.25) is 0 Å². The number of nitrogens with zero attached hydrogens (tertiary/aromatic N) is 2. The van der Waals surface area contributed by atoms with Gasteiger partial charge in [0.15, 0.2) is 0 Å². The van der Waals surface area contributed by atoms with Crippen LogP contribution in [0.4, 0.5) is 0 Å². The number of aromatic nitrogens is 2. The van der Waals surface area contributed by atoms with Crippen LogP contribution in [0, 0.1) is 0 Å². The summed E-state index contributed by atoms with van der Waals surface area (Å²) in [5.41, 5.74) is 0. The summed E-state index contributed by atoms with van der Waals surface area (Å²) in [5, 5.41) is 14.4. The Labute approximate surface area is 109 Å². The van der Waals surface area contributed by atoms with Crippen LogP contribution in [0.2, 0.25) is 0 Å². The van der Waals surface area contributed by atoms with Gasteiger partial charge in [0, 0.05) is 18.5 Å². The average Bonchev–Trinajstić information content (AvgIpc) is 2.74. The van der Waals surface area contributed by atoms with Crippen LogP contribution in [-0.4, -0.2) is 16.2 Å². The molecule has 0 aliphatic rings. The Morgan fingerprint density at radius 1 is 1.12 bits per heavy atom. The number of nitrogens with one attached hydrogen (secondary N) is 1. The van der Waals surface area contributed by atoms with Crippen LogP contribution < -0.4 is 5.32 Å². The summed E-state index contributed by atoms with van der Waals surface area (Å²) in [5.74, 6) is 0.621. The van der Waals surface area contributed by atoms with E-state index in [1.165, 1.54) is 30.7 Å². The molecule has 0 atom stereocenters. The molecule has 0 bridgehead atoms. The molecule has 17 heavy (non-hydrogen) atoms. The fraction of sp³-hybridized carbons (Fsp3) is 0.846. The van der Waals surface area contributed by atoms with Crippen LogP contribution in [0.25, 0.3) is 0 Å². The highest BCUT2D eigenvalue weighted by Gasteiger charge is 2.15. The zero-order valence-corrected chi connectivity index (χ0v) is 12.3. The minimum Gasteiger partial charge on any atom is -0.308 e. The first-order chi connectivity index (χ1) is 8.17. The Morgan fingerprint density at radius 2 is 1.76 bits per heavy atom. The quantitative estimate of drug-likeness (QED) is 0.769. The highest BCUT2D eigenvalue weighted by atomic mass is 32.1. The molecular weight excluding hydrogens is 230 g/mol. The van der Waals surface area contributed by atoms with Crippen molar-refractivity contribution >= 4 is 11.3 Å². The second kappa shape index (κ2) is 7.77. The third kappa shape index (κ3) is 5.13. The second-order valence-corrected chi connectivity index (χ2v) is 5.94. The molecule has 98 valence electrons. The lowest BCUT2D eigenvalue weighted by atomic mass is 9.99. The van der Waals surface area contributed by atoms with Crippen LogP contribution in [0.3, 0.4) is 0 Å². The molecule has 0 fully saturated rings. The van der Waals surface area contributed by atoms with E-state index in [2.05, 4.69) is 43.2 Å². The van der Waals surface area contributed by atoms with Crippen LogP contribution in [-0.2, 0) is 6.54 Å². The van der Waals surface area contributed by atoms with Gasteiger partial charge in [-0.1, -0.05) is 51.9 Å². The van der Waals surface area contributed by atoms with Crippen molar-refractivity contribution < 1.29 is 0 Å². The maximum atomic E-state index is 4.36. The Morgan fingerprint density at radius 3 is 2.29 bits per heavy atom. The lowest BCUT2D eigenvalue weighted by Gasteiger charge is -2.10. The smallest absolute Gasteiger partial charge is 0.131 e. The van der Waals surface area contributed by atoms with E-state index in [0.717, 1.165) is 11.6 Å². The summed E-state index contributed by atoms with van der Waals surface area (Å²) < 4.78 is 0. The van der Waals surface area contributed by atoms with Gasteiger partial charge < -0.3 is 5.32 Å². The lowest BCUT2D eigenvalue weighted by Crippen LogP contribution is -2.21. The van der Waals surface area contributed by atoms with Crippen molar-refractivity contribution in [3.8, 4) is 0 Å². The molecule has 0 unspecified atom stereocenters. The molecule has 0 aliphatic heterocycles. The maximum Gasteiger partial charge on any atom is 0.131 e. The van der Waals surface area contributed by atoms with Crippen LogP contribution in [0.5, 0.6) is 0 Å². The molecular formula is C13H25N3S. The van der Waals surface area contributed by atoms with Crippen molar-refractivity contribution in [3.05, 3.63) is 10.0 Å². The van der Waals surface area contributed by atoms with Crippen LogP contribution in [0.1, 0.15) is 69.3 Å². The Balaban J connectivity index is 2.57. The molecule has 0 aromatic carbocycles. The average molecular weight is 255 g/mol. The molecule has 1 aromatic rings. The van der Waals surface area contributed by atoms with E-state index in [9.17, 15) is 0 Å². The summed E-state index contributed by atoms with van der Waals surface area (Å²) in [6, 6.07) is 0.504. The van der Waals surface area contributed by atoms with Crippen molar-refractivity contribution in [1.82, 2.24) is 15.5 Å². The molecule has 1 N–H and O–H groups in total. The van der Waals surface area contributed by atoms with Gasteiger partial charge >= 0.3 is 0 Å². The van der Waals surface area contributed by atoms with Crippen molar-refractivity contribution in [2.45, 2.75) is 71.9 Å². The standard InChI is InChI=1S/C13H25N3S/c1-5-7-11(8-6-2)13-16-15-12(17-13)9-14-10(3)4/h10-11,14H,5-9H2,1-4H3. The molecule has 0 amide bonds. The van der Waals surface area contributed by atoms with E-state index >= 15 is 0 Å². The minimum atomic E-state index is 0.504. The first-order valence-electron chi connectivity index (χ1n) is 6.73. The lowest BCUT2D eigenvalue weighted by molar-refractivity contribution is 0.553. The van der Waals surface area contributed by atoms with Crippen LogP contribution >= 0.6 is 11.3 Å². The summed E-state index contributed by atoms with van der Waals surface area (Å²) in [6.07, 6.45) is 4.92.